The Balaban J connectivity index is 2.47. The van der Waals surface area contributed by atoms with E-state index in [0.717, 1.165) is 23.2 Å². The van der Waals surface area contributed by atoms with Crippen LogP contribution in [0.5, 0.6) is 0 Å². The van der Waals surface area contributed by atoms with Crippen molar-refractivity contribution in [3.05, 3.63) is 50.5 Å². The molecular weight excluding hydrogens is 244 g/mol. The molecule has 0 fully saturated rings. The largest absolute Gasteiger partial charge is 0.324 e. The fourth-order valence-electron chi connectivity index (χ4n) is 2.82. The Labute approximate surface area is 110 Å². The molecule has 1 aromatic heterocycles. The number of aromatic nitrogens is 2. The summed E-state index contributed by atoms with van der Waals surface area (Å²) in [5.41, 5.74) is 3.94. The molecule has 3 nitrogen and oxygen atoms in total. The van der Waals surface area contributed by atoms with E-state index < -0.39 is 0 Å². The highest BCUT2D eigenvalue weighted by molar-refractivity contribution is 7.71. The fourth-order valence-corrected chi connectivity index (χ4v) is 3.29. The van der Waals surface area contributed by atoms with Gasteiger partial charge < -0.3 is 4.98 Å². The summed E-state index contributed by atoms with van der Waals surface area (Å²) < 4.78 is 0.549. The molecule has 1 aliphatic rings. The van der Waals surface area contributed by atoms with Gasteiger partial charge in [0.15, 0.2) is 0 Å². The predicted octanol–water partition coefficient (Wildman–Crippen LogP) is 2.93. The number of fused-ring (bicyclic) bond motifs is 3. The van der Waals surface area contributed by atoms with Crippen LogP contribution in [-0.4, -0.2) is 9.97 Å². The molecule has 0 unspecified atom stereocenters. The standard InChI is InChI=1S/C14H14N2OS/c1-14(2)7-8-5-3-4-6-9(8)11-10(14)12(18)16-13(17)15-11/h3-6H,7H2,1-2H3,(H2,15,16,17,18). The summed E-state index contributed by atoms with van der Waals surface area (Å²) in [5, 5.41) is 0. The Bertz CT molecular complexity index is 740. The Morgan fingerprint density at radius 3 is 2.72 bits per heavy atom. The third-order valence-corrected chi connectivity index (χ3v) is 3.84. The molecule has 1 heterocycles. The van der Waals surface area contributed by atoms with E-state index in [2.05, 4.69) is 29.9 Å². The molecule has 2 aromatic rings. The van der Waals surface area contributed by atoms with Gasteiger partial charge in [0, 0.05) is 11.1 Å². The van der Waals surface area contributed by atoms with Gasteiger partial charge in [0.2, 0.25) is 0 Å². The lowest BCUT2D eigenvalue weighted by molar-refractivity contribution is 0.509. The van der Waals surface area contributed by atoms with Crippen LogP contribution in [0.4, 0.5) is 0 Å². The minimum absolute atomic E-state index is 0.0680. The van der Waals surface area contributed by atoms with Crippen LogP contribution in [0.2, 0.25) is 0 Å². The van der Waals surface area contributed by atoms with Crippen molar-refractivity contribution in [2.75, 3.05) is 0 Å². The molecule has 4 heteroatoms. The molecule has 0 aliphatic heterocycles. The number of nitrogens with one attached hydrogen (secondary N) is 2. The van der Waals surface area contributed by atoms with E-state index in [4.69, 9.17) is 12.2 Å². The maximum absolute atomic E-state index is 11.6. The van der Waals surface area contributed by atoms with Crippen molar-refractivity contribution in [2.24, 2.45) is 0 Å². The molecule has 18 heavy (non-hydrogen) atoms. The molecule has 0 radical (unpaired) electrons. The highest BCUT2D eigenvalue weighted by Gasteiger charge is 2.32. The first kappa shape index (κ1) is 11.4. The van der Waals surface area contributed by atoms with Crippen molar-refractivity contribution < 1.29 is 0 Å². The number of benzene rings is 1. The maximum Gasteiger partial charge on any atom is 0.324 e. The van der Waals surface area contributed by atoms with Crippen LogP contribution < -0.4 is 5.69 Å². The second-order valence-electron chi connectivity index (χ2n) is 5.38. The van der Waals surface area contributed by atoms with Gasteiger partial charge in [-0.3, -0.25) is 4.98 Å². The average molecular weight is 258 g/mol. The molecule has 2 N–H and O–H groups in total. The predicted molar refractivity (Wildman–Crippen MR) is 74.4 cm³/mol. The molecule has 0 saturated carbocycles. The molecule has 0 amide bonds. The van der Waals surface area contributed by atoms with Gasteiger partial charge in [-0.1, -0.05) is 50.3 Å². The first-order chi connectivity index (χ1) is 8.49. The maximum atomic E-state index is 11.6. The lowest BCUT2D eigenvalue weighted by Gasteiger charge is -2.33. The second kappa shape index (κ2) is 3.65. The van der Waals surface area contributed by atoms with Crippen LogP contribution in [0.3, 0.4) is 0 Å². The number of hydrogen-bond acceptors (Lipinski definition) is 2. The zero-order valence-electron chi connectivity index (χ0n) is 10.3. The normalized spacial score (nSPS) is 15.9. The van der Waals surface area contributed by atoms with E-state index in [1.165, 1.54) is 5.56 Å². The van der Waals surface area contributed by atoms with Crippen molar-refractivity contribution in [3.8, 4) is 11.3 Å². The third-order valence-electron chi connectivity index (χ3n) is 3.54. The van der Waals surface area contributed by atoms with Gasteiger partial charge in [-0.2, -0.15) is 0 Å². The van der Waals surface area contributed by atoms with Crippen molar-refractivity contribution >= 4 is 12.2 Å². The van der Waals surface area contributed by atoms with Crippen molar-refractivity contribution in [3.63, 3.8) is 0 Å². The van der Waals surface area contributed by atoms with Crippen LogP contribution in [0, 0.1) is 4.64 Å². The average Bonchev–Trinajstić information content (AvgIpc) is 2.26. The Morgan fingerprint density at radius 1 is 1.22 bits per heavy atom. The highest BCUT2D eigenvalue weighted by Crippen LogP contribution is 2.41. The number of rotatable bonds is 0. The SMILES string of the molecule is CC1(C)Cc2ccccc2-c2[nH]c(=O)[nH]c(=S)c21. The van der Waals surface area contributed by atoms with Gasteiger partial charge in [-0.15, -0.1) is 0 Å². The third kappa shape index (κ3) is 1.56. The van der Waals surface area contributed by atoms with Gasteiger partial charge in [0.25, 0.3) is 0 Å². The molecule has 1 aromatic carbocycles. The number of aromatic amines is 2. The first-order valence-electron chi connectivity index (χ1n) is 5.94. The lowest BCUT2D eigenvalue weighted by atomic mass is 9.72. The topological polar surface area (TPSA) is 48.6 Å². The van der Waals surface area contributed by atoms with E-state index in [0.29, 0.717) is 4.64 Å². The smallest absolute Gasteiger partial charge is 0.307 e. The van der Waals surface area contributed by atoms with E-state index in [9.17, 15) is 4.79 Å². The van der Waals surface area contributed by atoms with Gasteiger partial charge in [-0.25, -0.2) is 4.79 Å². The molecule has 0 saturated heterocycles. The summed E-state index contributed by atoms with van der Waals surface area (Å²) in [6, 6.07) is 8.16. The van der Waals surface area contributed by atoms with Crippen LogP contribution in [0.25, 0.3) is 11.3 Å². The van der Waals surface area contributed by atoms with Crippen molar-refractivity contribution in [1.82, 2.24) is 9.97 Å². The minimum Gasteiger partial charge on any atom is -0.307 e. The quantitative estimate of drug-likeness (QED) is 0.714. The van der Waals surface area contributed by atoms with E-state index in [1.54, 1.807) is 0 Å². The van der Waals surface area contributed by atoms with Crippen LogP contribution in [-0.2, 0) is 11.8 Å². The first-order valence-corrected chi connectivity index (χ1v) is 6.35. The molecule has 0 bridgehead atoms. The number of hydrogen-bond donors (Lipinski definition) is 2. The molecule has 0 atom stereocenters. The van der Waals surface area contributed by atoms with Crippen LogP contribution >= 0.6 is 12.2 Å². The molecular formula is C14H14N2OS. The highest BCUT2D eigenvalue weighted by atomic mass is 32.1. The molecule has 92 valence electrons. The van der Waals surface area contributed by atoms with E-state index in [1.807, 2.05) is 18.2 Å². The minimum atomic E-state index is -0.244. The summed E-state index contributed by atoms with van der Waals surface area (Å²) in [6.07, 6.45) is 0.930. The van der Waals surface area contributed by atoms with E-state index in [-0.39, 0.29) is 11.1 Å². The number of H-pyrrole nitrogens is 2. The van der Waals surface area contributed by atoms with Crippen molar-refractivity contribution in [1.29, 1.82) is 0 Å². The molecule has 0 spiro atoms. The Kier molecular flexibility index (Phi) is 2.32. The van der Waals surface area contributed by atoms with Crippen molar-refractivity contribution in [2.45, 2.75) is 25.7 Å². The zero-order valence-corrected chi connectivity index (χ0v) is 11.1. The molecule has 3 rings (SSSR count). The molecule has 1 aliphatic carbocycles. The summed E-state index contributed by atoms with van der Waals surface area (Å²) in [6.45, 7) is 4.31. The van der Waals surface area contributed by atoms with Gasteiger partial charge in [0.05, 0.1) is 5.69 Å². The second-order valence-corrected chi connectivity index (χ2v) is 5.78. The van der Waals surface area contributed by atoms with Crippen LogP contribution in [0.15, 0.2) is 29.1 Å². The van der Waals surface area contributed by atoms with E-state index >= 15 is 0 Å². The Morgan fingerprint density at radius 2 is 1.94 bits per heavy atom. The Hall–Kier alpha value is -1.68. The summed E-state index contributed by atoms with van der Waals surface area (Å²) >= 11 is 5.33. The van der Waals surface area contributed by atoms with Gasteiger partial charge in [0.1, 0.15) is 4.64 Å². The summed E-state index contributed by atoms with van der Waals surface area (Å²) in [4.78, 5) is 17.2. The van der Waals surface area contributed by atoms with Crippen LogP contribution in [0.1, 0.15) is 25.0 Å². The van der Waals surface area contributed by atoms with Gasteiger partial charge >= 0.3 is 5.69 Å². The summed E-state index contributed by atoms with van der Waals surface area (Å²) in [5.74, 6) is 0. The lowest BCUT2D eigenvalue weighted by Crippen LogP contribution is -2.30. The summed E-state index contributed by atoms with van der Waals surface area (Å²) in [7, 11) is 0. The zero-order chi connectivity index (χ0) is 12.9. The van der Waals surface area contributed by atoms with Gasteiger partial charge in [-0.05, 0) is 17.4 Å². The monoisotopic (exact) mass is 258 g/mol. The fraction of sp³-hybridized carbons (Fsp3) is 0.286.